The highest BCUT2D eigenvalue weighted by molar-refractivity contribution is 5.77. The Morgan fingerprint density at radius 2 is 1.80 bits per heavy atom. The van der Waals surface area contributed by atoms with E-state index in [1.54, 1.807) is 36.4 Å². The summed E-state index contributed by atoms with van der Waals surface area (Å²) < 4.78 is 11.3. The Bertz CT molecular complexity index is 878. The van der Waals surface area contributed by atoms with Gasteiger partial charge in [-0.05, 0) is 24.3 Å². The van der Waals surface area contributed by atoms with Crippen LogP contribution in [-0.4, -0.2) is 11.7 Å². The molecule has 0 spiro atoms. The molecule has 0 fully saturated rings. The van der Waals surface area contributed by atoms with E-state index in [0.717, 1.165) is 4.57 Å². The average Bonchev–Trinajstić information content (AvgIpc) is 2.47. The van der Waals surface area contributed by atoms with Crippen LogP contribution in [-0.2, 0) is 0 Å². The van der Waals surface area contributed by atoms with Crippen LogP contribution in [0.2, 0.25) is 0 Å². The van der Waals surface area contributed by atoms with Crippen molar-refractivity contribution in [2.24, 2.45) is 0 Å². The molecule has 5 nitrogen and oxygen atoms in total. The molecule has 3 aromatic rings. The van der Waals surface area contributed by atoms with Gasteiger partial charge in [-0.15, -0.1) is 0 Å². The lowest BCUT2D eigenvalue weighted by atomic mass is 10.2. The third-order valence-electron chi connectivity index (χ3n) is 3.02. The third kappa shape index (κ3) is 1.89. The van der Waals surface area contributed by atoms with Crippen LogP contribution in [0.25, 0.3) is 16.7 Å². The molecule has 20 heavy (non-hydrogen) atoms. The Balaban J connectivity index is 2.36. The zero-order valence-corrected chi connectivity index (χ0v) is 10.7. The van der Waals surface area contributed by atoms with E-state index in [0.29, 0.717) is 16.8 Å². The summed E-state index contributed by atoms with van der Waals surface area (Å²) in [5.74, 6) is -0.195. The predicted octanol–water partition coefficient (Wildman–Crippen LogP) is 1.95. The summed E-state index contributed by atoms with van der Waals surface area (Å²) in [6, 6.07) is 13.4. The lowest BCUT2D eigenvalue weighted by molar-refractivity contribution is 0.413. The van der Waals surface area contributed by atoms with Crippen molar-refractivity contribution in [3.05, 3.63) is 69.4 Å². The number of rotatable bonds is 2. The number of fused-ring (bicyclic) bond motifs is 1. The normalized spacial score (nSPS) is 10.7. The SMILES string of the molecule is COc1ccc2c(=O)n(-c3ccccc3)c(=O)oc2c1. The van der Waals surface area contributed by atoms with Crippen LogP contribution in [0.1, 0.15) is 0 Å². The molecular formula is C15H11NO4. The predicted molar refractivity (Wildman–Crippen MR) is 74.6 cm³/mol. The van der Waals surface area contributed by atoms with Crippen LogP contribution in [0.5, 0.6) is 5.75 Å². The molecule has 0 aliphatic carbocycles. The van der Waals surface area contributed by atoms with Gasteiger partial charge in [-0.3, -0.25) is 4.79 Å². The van der Waals surface area contributed by atoms with E-state index in [1.165, 1.54) is 13.2 Å². The Morgan fingerprint density at radius 1 is 1.05 bits per heavy atom. The van der Waals surface area contributed by atoms with Crippen molar-refractivity contribution in [2.75, 3.05) is 7.11 Å². The number of ether oxygens (including phenoxy) is 1. The molecule has 0 bridgehead atoms. The van der Waals surface area contributed by atoms with Crippen LogP contribution in [0.3, 0.4) is 0 Å². The number of methoxy groups -OCH3 is 1. The fourth-order valence-corrected chi connectivity index (χ4v) is 2.03. The van der Waals surface area contributed by atoms with Crippen molar-refractivity contribution < 1.29 is 9.15 Å². The van der Waals surface area contributed by atoms with Gasteiger partial charge >= 0.3 is 5.76 Å². The van der Waals surface area contributed by atoms with Gasteiger partial charge in [0.15, 0.2) is 0 Å². The molecule has 0 radical (unpaired) electrons. The smallest absolute Gasteiger partial charge is 0.426 e. The topological polar surface area (TPSA) is 61.4 Å². The molecule has 100 valence electrons. The first-order chi connectivity index (χ1) is 9.70. The van der Waals surface area contributed by atoms with Crippen LogP contribution >= 0.6 is 0 Å². The Labute approximate surface area is 113 Å². The number of nitrogens with zero attached hydrogens (tertiary/aromatic N) is 1. The largest absolute Gasteiger partial charge is 0.497 e. The van der Waals surface area contributed by atoms with Crippen LogP contribution in [0, 0.1) is 0 Å². The Morgan fingerprint density at radius 3 is 2.50 bits per heavy atom. The van der Waals surface area contributed by atoms with E-state index in [9.17, 15) is 9.59 Å². The van der Waals surface area contributed by atoms with Crippen molar-refractivity contribution in [3.8, 4) is 11.4 Å². The summed E-state index contributed by atoms with van der Waals surface area (Å²) in [5, 5.41) is 0.328. The van der Waals surface area contributed by atoms with E-state index < -0.39 is 11.3 Å². The number of benzene rings is 2. The lowest BCUT2D eigenvalue weighted by Gasteiger charge is -2.06. The van der Waals surface area contributed by atoms with Crippen molar-refractivity contribution >= 4 is 11.0 Å². The van der Waals surface area contributed by atoms with E-state index in [4.69, 9.17) is 9.15 Å². The van der Waals surface area contributed by atoms with E-state index in [1.807, 2.05) is 6.07 Å². The van der Waals surface area contributed by atoms with Gasteiger partial charge in [0.2, 0.25) is 0 Å². The maximum absolute atomic E-state index is 12.4. The van der Waals surface area contributed by atoms with Gasteiger partial charge in [-0.25, -0.2) is 9.36 Å². The summed E-state index contributed by atoms with van der Waals surface area (Å²) in [4.78, 5) is 24.4. The van der Waals surface area contributed by atoms with Gasteiger partial charge in [0.05, 0.1) is 18.2 Å². The first kappa shape index (κ1) is 12.2. The highest BCUT2D eigenvalue weighted by Gasteiger charge is 2.11. The Hall–Kier alpha value is -2.82. The zero-order valence-electron chi connectivity index (χ0n) is 10.7. The summed E-state index contributed by atoms with van der Waals surface area (Å²) in [6.45, 7) is 0. The minimum Gasteiger partial charge on any atom is -0.497 e. The van der Waals surface area contributed by atoms with Crippen LogP contribution in [0.15, 0.2) is 62.5 Å². The van der Waals surface area contributed by atoms with Crippen molar-refractivity contribution in [1.29, 1.82) is 0 Å². The molecule has 0 aliphatic heterocycles. The number of hydrogen-bond donors (Lipinski definition) is 0. The maximum Gasteiger partial charge on any atom is 0.426 e. The molecule has 0 saturated heterocycles. The van der Waals surface area contributed by atoms with Gasteiger partial charge in [0, 0.05) is 6.07 Å². The second-order valence-corrected chi connectivity index (χ2v) is 4.21. The number of aromatic nitrogens is 1. The minimum absolute atomic E-state index is 0.214. The zero-order chi connectivity index (χ0) is 14.1. The molecular weight excluding hydrogens is 258 g/mol. The van der Waals surface area contributed by atoms with Gasteiger partial charge in [0.1, 0.15) is 11.3 Å². The van der Waals surface area contributed by atoms with Gasteiger partial charge < -0.3 is 9.15 Å². The molecule has 0 N–H and O–H groups in total. The summed E-state index contributed by atoms with van der Waals surface area (Å²) >= 11 is 0. The second-order valence-electron chi connectivity index (χ2n) is 4.21. The van der Waals surface area contributed by atoms with Crippen LogP contribution < -0.4 is 16.1 Å². The number of para-hydroxylation sites is 1. The van der Waals surface area contributed by atoms with Crippen LogP contribution in [0.4, 0.5) is 0 Å². The van der Waals surface area contributed by atoms with E-state index in [-0.39, 0.29) is 5.58 Å². The summed E-state index contributed by atoms with van der Waals surface area (Å²) in [7, 11) is 1.50. The minimum atomic E-state index is -0.720. The third-order valence-corrected chi connectivity index (χ3v) is 3.02. The first-order valence-corrected chi connectivity index (χ1v) is 6.00. The fourth-order valence-electron chi connectivity index (χ4n) is 2.03. The molecule has 3 rings (SSSR count). The second kappa shape index (κ2) is 4.70. The molecule has 5 heteroatoms. The van der Waals surface area contributed by atoms with Crippen molar-refractivity contribution in [2.45, 2.75) is 0 Å². The summed E-state index contributed by atoms with van der Waals surface area (Å²) in [5.41, 5.74) is 0.278. The summed E-state index contributed by atoms with van der Waals surface area (Å²) in [6.07, 6.45) is 0. The molecule has 1 aromatic heterocycles. The van der Waals surface area contributed by atoms with Crippen molar-refractivity contribution in [3.63, 3.8) is 0 Å². The quantitative estimate of drug-likeness (QED) is 0.713. The van der Waals surface area contributed by atoms with Gasteiger partial charge in [-0.2, -0.15) is 0 Å². The van der Waals surface area contributed by atoms with Gasteiger partial charge in [-0.1, -0.05) is 18.2 Å². The molecule has 0 atom stereocenters. The maximum atomic E-state index is 12.4. The highest BCUT2D eigenvalue weighted by Crippen LogP contribution is 2.17. The first-order valence-electron chi connectivity index (χ1n) is 6.00. The van der Waals surface area contributed by atoms with E-state index in [2.05, 4.69) is 0 Å². The highest BCUT2D eigenvalue weighted by atomic mass is 16.5. The Kier molecular flexibility index (Phi) is 2.87. The van der Waals surface area contributed by atoms with E-state index >= 15 is 0 Å². The average molecular weight is 269 g/mol. The fraction of sp³-hybridized carbons (Fsp3) is 0.0667. The van der Waals surface area contributed by atoms with Crippen molar-refractivity contribution in [1.82, 2.24) is 4.57 Å². The van der Waals surface area contributed by atoms with Gasteiger partial charge in [0.25, 0.3) is 5.56 Å². The molecule has 0 unspecified atom stereocenters. The lowest BCUT2D eigenvalue weighted by Crippen LogP contribution is -2.30. The molecule has 2 aromatic carbocycles. The number of hydrogen-bond acceptors (Lipinski definition) is 4. The standard InChI is InChI=1S/C15H11NO4/c1-19-11-7-8-12-13(9-11)20-15(18)16(14(12)17)10-5-3-2-4-6-10/h2-9H,1H3. The molecule has 0 saturated carbocycles. The molecule has 0 aliphatic rings. The molecule has 1 heterocycles. The molecule has 0 amide bonds. The monoisotopic (exact) mass is 269 g/mol.